The van der Waals surface area contributed by atoms with Crippen molar-refractivity contribution >= 4 is 17.9 Å². The second-order valence-electron chi connectivity index (χ2n) is 15.6. The van der Waals surface area contributed by atoms with Crippen LogP contribution in [0.1, 0.15) is 181 Å². The first-order valence-electron chi connectivity index (χ1n) is 21.5. The Balaban J connectivity index is 4.34. The van der Waals surface area contributed by atoms with Crippen molar-refractivity contribution in [3.8, 4) is 0 Å². The molecule has 0 saturated carbocycles. The van der Waals surface area contributed by atoms with Crippen molar-refractivity contribution < 1.29 is 38.2 Å². The zero-order valence-corrected chi connectivity index (χ0v) is 34.9. The average Bonchev–Trinajstić information content (AvgIpc) is 3.11. The Morgan fingerprint density at radius 3 is 1.55 bits per heavy atom. The summed E-state index contributed by atoms with van der Waals surface area (Å²) in [5.74, 6) is -1.78. The highest BCUT2D eigenvalue weighted by atomic mass is 16.6. The summed E-state index contributed by atoms with van der Waals surface area (Å²) in [5, 5.41) is 11.6. The van der Waals surface area contributed by atoms with Crippen molar-refractivity contribution in [2.75, 3.05) is 41.0 Å². The van der Waals surface area contributed by atoms with Crippen LogP contribution in [-0.4, -0.2) is 75.5 Å². The number of unbranched alkanes of at least 4 members (excludes halogenated alkanes) is 19. The second kappa shape index (κ2) is 36.5. The van der Waals surface area contributed by atoms with Crippen LogP contribution in [0.2, 0.25) is 0 Å². The van der Waals surface area contributed by atoms with Crippen molar-refractivity contribution in [3.63, 3.8) is 0 Å². The van der Waals surface area contributed by atoms with Crippen LogP contribution in [-0.2, 0) is 28.6 Å². The van der Waals surface area contributed by atoms with E-state index in [0.717, 1.165) is 64.2 Å². The molecule has 53 heavy (non-hydrogen) atoms. The molecule has 0 aromatic carbocycles. The average molecular weight is 748 g/mol. The minimum absolute atomic E-state index is 0.0279. The largest absolute Gasteiger partial charge is 0.544 e. The van der Waals surface area contributed by atoms with Gasteiger partial charge in [0.25, 0.3) is 0 Å². The first kappa shape index (κ1) is 50.5. The maximum absolute atomic E-state index is 12.6. The lowest BCUT2D eigenvalue weighted by Crippen LogP contribution is -2.55. The zero-order chi connectivity index (χ0) is 39.3. The number of carbonyl (C=O) groups excluding carboxylic acids is 3. The third-order valence-corrected chi connectivity index (χ3v) is 9.53. The van der Waals surface area contributed by atoms with E-state index in [9.17, 15) is 19.5 Å². The number of carboxylic acid groups (broad SMARTS) is 1. The Labute approximate surface area is 325 Å². The van der Waals surface area contributed by atoms with Gasteiger partial charge in [-0.25, -0.2) is 0 Å². The molecule has 308 valence electrons. The van der Waals surface area contributed by atoms with Gasteiger partial charge in [-0.2, -0.15) is 0 Å². The molecule has 8 heteroatoms. The first-order valence-corrected chi connectivity index (χ1v) is 21.5. The summed E-state index contributed by atoms with van der Waals surface area (Å²) in [4.78, 5) is 36.7. The molecule has 0 aromatic heterocycles. The molecule has 0 rings (SSSR count). The summed E-state index contributed by atoms with van der Waals surface area (Å²) in [5.41, 5.74) is 0. The molecule has 2 atom stereocenters. The van der Waals surface area contributed by atoms with E-state index in [4.69, 9.17) is 14.2 Å². The zero-order valence-electron chi connectivity index (χ0n) is 34.9. The van der Waals surface area contributed by atoms with Gasteiger partial charge in [0.05, 0.1) is 40.3 Å². The maximum Gasteiger partial charge on any atom is 0.306 e. The second-order valence-corrected chi connectivity index (χ2v) is 15.6. The minimum Gasteiger partial charge on any atom is -0.544 e. The van der Waals surface area contributed by atoms with E-state index in [0.29, 0.717) is 6.42 Å². The molecule has 0 aliphatic carbocycles. The number of likely N-dealkylation sites (N-methyl/N-ethyl adjacent to an activating group) is 1. The summed E-state index contributed by atoms with van der Waals surface area (Å²) in [7, 11) is 5.39. The van der Waals surface area contributed by atoms with Crippen molar-refractivity contribution in [2.24, 2.45) is 0 Å². The van der Waals surface area contributed by atoms with Gasteiger partial charge in [0, 0.05) is 19.3 Å². The van der Waals surface area contributed by atoms with Crippen LogP contribution in [0.5, 0.6) is 0 Å². The molecular formula is C45H81NO7. The number of hydrogen-bond donors (Lipinski definition) is 0. The van der Waals surface area contributed by atoms with Gasteiger partial charge in [-0.3, -0.25) is 9.59 Å². The lowest BCUT2D eigenvalue weighted by atomic mass is 10.1. The SMILES string of the molecule is CCCC/C=C/C=C/CCCCCC(=O)OC(COCCC(C(=O)[O-])[N+](C)(C)C)COC(=O)CCCCCCC/C=C/CCCCCCCCCCC. The molecule has 0 radical (unpaired) electrons. The van der Waals surface area contributed by atoms with Gasteiger partial charge in [0.1, 0.15) is 12.6 Å². The molecule has 0 bridgehead atoms. The Morgan fingerprint density at radius 2 is 1.02 bits per heavy atom. The smallest absolute Gasteiger partial charge is 0.306 e. The van der Waals surface area contributed by atoms with Crippen molar-refractivity contribution in [3.05, 3.63) is 36.5 Å². The minimum atomic E-state index is -1.13. The summed E-state index contributed by atoms with van der Waals surface area (Å²) < 4.78 is 17.1. The molecule has 0 fully saturated rings. The molecule has 0 N–H and O–H groups in total. The topological polar surface area (TPSA) is 102 Å². The molecule has 0 amide bonds. The summed E-state index contributed by atoms with van der Waals surface area (Å²) in [6.07, 6.45) is 40.3. The third-order valence-electron chi connectivity index (χ3n) is 9.53. The lowest BCUT2D eigenvalue weighted by Gasteiger charge is -2.34. The number of rotatable bonds is 38. The summed E-state index contributed by atoms with van der Waals surface area (Å²) in [6.45, 7) is 4.57. The van der Waals surface area contributed by atoms with E-state index in [1.165, 1.54) is 83.5 Å². The van der Waals surface area contributed by atoms with Gasteiger partial charge >= 0.3 is 11.9 Å². The van der Waals surface area contributed by atoms with E-state index in [1.807, 2.05) is 0 Å². The Hall–Kier alpha value is -2.45. The fourth-order valence-electron chi connectivity index (χ4n) is 6.10. The Morgan fingerprint density at radius 1 is 0.566 bits per heavy atom. The molecule has 2 unspecified atom stereocenters. The number of allylic oxidation sites excluding steroid dienone is 6. The molecule has 0 aliphatic rings. The van der Waals surface area contributed by atoms with E-state index >= 15 is 0 Å². The van der Waals surface area contributed by atoms with Crippen LogP contribution in [0, 0.1) is 0 Å². The highest BCUT2D eigenvalue weighted by molar-refractivity contribution is 5.70. The van der Waals surface area contributed by atoms with E-state index in [1.54, 1.807) is 21.1 Å². The lowest BCUT2D eigenvalue weighted by molar-refractivity contribution is -0.889. The maximum atomic E-state index is 12.6. The normalized spacial score (nSPS) is 13.3. The number of quaternary nitrogens is 1. The van der Waals surface area contributed by atoms with Crippen molar-refractivity contribution in [1.82, 2.24) is 0 Å². The standard InChI is InChI=1S/C45H81NO7/c1-6-8-10-12-14-16-18-19-20-21-22-23-24-26-27-29-31-33-35-43(47)52-40-41(39-51-38-37-42(45(49)50)46(3,4)5)53-44(48)36-34-32-30-28-25-17-15-13-11-9-7-2/h13,15,17,22-23,25,41-42H,6-12,14,16,18-21,24,26-40H2,1-5H3/b15-13+,23-22+,25-17+. The van der Waals surface area contributed by atoms with E-state index in [2.05, 4.69) is 50.3 Å². The quantitative estimate of drug-likeness (QED) is 0.0204. The van der Waals surface area contributed by atoms with Gasteiger partial charge in [-0.05, 0) is 57.8 Å². The first-order chi connectivity index (χ1) is 25.6. The van der Waals surface area contributed by atoms with Crippen molar-refractivity contribution in [2.45, 2.75) is 193 Å². The van der Waals surface area contributed by atoms with Gasteiger partial charge in [0.2, 0.25) is 0 Å². The monoisotopic (exact) mass is 748 g/mol. The summed E-state index contributed by atoms with van der Waals surface area (Å²) in [6, 6.07) is -0.730. The Kier molecular flexibility index (Phi) is 34.8. The van der Waals surface area contributed by atoms with Crippen LogP contribution in [0.15, 0.2) is 36.5 Å². The highest BCUT2D eigenvalue weighted by Crippen LogP contribution is 2.13. The highest BCUT2D eigenvalue weighted by Gasteiger charge is 2.25. The molecule has 0 spiro atoms. The molecule has 0 saturated heterocycles. The predicted octanol–water partition coefficient (Wildman–Crippen LogP) is 10.1. The number of aliphatic carboxylic acids is 1. The van der Waals surface area contributed by atoms with Gasteiger partial charge < -0.3 is 28.6 Å². The van der Waals surface area contributed by atoms with Crippen LogP contribution in [0.4, 0.5) is 0 Å². The number of esters is 2. The summed E-state index contributed by atoms with van der Waals surface area (Å²) >= 11 is 0. The van der Waals surface area contributed by atoms with Crippen molar-refractivity contribution in [1.29, 1.82) is 0 Å². The van der Waals surface area contributed by atoms with Crippen LogP contribution >= 0.6 is 0 Å². The molecular weight excluding hydrogens is 666 g/mol. The number of carboxylic acids is 1. The van der Waals surface area contributed by atoms with Gasteiger partial charge in [-0.1, -0.05) is 140 Å². The Bertz CT molecular complexity index is 968. The van der Waals surface area contributed by atoms with Crippen LogP contribution < -0.4 is 5.11 Å². The molecule has 8 nitrogen and oxygen atoms in total. The molecule has 0 aliphatic heterocycles. The molecule has 0 heterocycles. The predicted molar refractivity (Wildman–Crippen MR) is 217 cm³/mol. The van der Waals surface area contributed by atoms with Gasteiger partial charge in [-0.15, -0.1) is 0 Å². The fourth-order valence-corrected chi connectivity index (χ4v) is 6.10. The number of carbonyl (C=O) groups is 3. The van der Waals surface area contributed by atoms with E-state index in [-0.39, 0.29) is 49.1 Å². The number of ether oxygens (including phenoxy) is 3. The van der Waals surface area contributed by atoms with Crippen LogP contribution in [0.25, 0.3) is 0 Å². The molecule has 0 aromatic rings. The van der Waals surface area contributed by atoms with Gasteiger partial charge in [0.15, 0.2) is 6.10 Å². The fraction of sp³-hybridized carbons (Fsp3) is 0.800. The third kappa shape index (κ3) is 35.0. The van der Waals surface area contributed by atoms with Crippen LogP contribution in [0.3, 0.4) is 0 Å². The van der Waals surface area contributed by atoms with E-state index < -0.39 is 18.1 Å². The number of nitrogens with zero attached hydrogens (tertiary/aromatic N) is 1. The number of hydrogen-bond acceptors (Lipinski definition) is 7.